The molecular formula is C12H10F2N2O. The van der Waals surface area contributed by atoms with Gasteiger partial charge in [-0.2, -0.15) is 0 Å². The van der Waals surface area contributed by atoms with Crippen LogP contribution in [0.25, 0.3) is 12.2 Å². The molecule has 0 aliphatic carbocycles. The molecule has 5 heteroatoms. The Morgan fingerprint density at radius 2 is 2.06 bits per heavy atom. The summed E-state index contributed by atoms with van der Waals surface area (Å²) in [6.07, 6.45) is 2.98. The van der Waals surface area contributed by atoms with Gasteiger partial charge in [-0.3, -0.25) is 0 Å². The second-order valence-corrected chi connectivity index (χ2v) is 3.54. The molecule has 1 aromatic heterocycles. The largest absolute Gasteiger partial charge is 0.394 e. The summed E-state index contributed by atoms with van der Waals surface area (Å²) in [5, 5.41) is 3.69. The van der Waals surface area contributed by atoms with E-state index in [-0.39, 0.29) is 5.56 Å². The number of nitrogen functional groups attached to an aromatic ring is 1. The topological polar surface area (TPSA) is 52.0 Å². The molecule has 0 spiro atoms. The minimum absolute atomic E-state index is 0.256. The van der Waals surface area contributed by atoms with Gasteiger partial charge in [0, 0.05) is 11.6 Å². The molecule has 0 aliphatic rings. The van der Waals surface area contributed by atoms with Gasteiger partial charge in [-0.1, -0.05) is 5.16 Å². The van der Waals surface area contributed by atoms with Crippen molar-refractivity contribution >= 4 is 17.8 Å². The van der Waals surface area contributed by atoms with Crippen LogP contribution in [0.1, 0.15) is 17.0 Å². The monoisotopic (exact) mass is 236 g/mol. The van der Waals surface area contributed by atoms with Crippen LogP contribution in [0.2, 0.25) is 0 Å². The van der Waals surface area contributed by atoms with Crippen molar-refractivity contribution in [3.63, 3.8) is 0 Å². The van der Waals surface area contributed by atoms with Crippen molar-refractivity contribution in [1.29, 1.82) is 0 Å². The van der Waals surface area contributed by atoms with Crippen molar-refractivity contribution < 1.29 is 13.3 Å². The Morgan fingerprint density at radius 3 is 2.65 bits per heavy atom. The Kier molecular flexibility index (Phi) is 2.91. The molecule has 3 nitrogen and oxygen atoms in total. The van der Waals surface area contributed by atoms with Crippen molar-refractivity contribution in [3.05, 3.63) is 46.9 Å². The van der Waals surface area contributed by atoms with E-state index in [9.17, 15) is 8.78 Å². The van der Waals surface area contributed by atoms with Crippen LogP contribution in [0.3, 0.4) is 0 Å². The van der Waals surface area contributed by atoms with E-state index in [0.29, 0.717) is 17.1 Å². The van der Waals surface area contributed by atoms with Gasteiger partial charge in [-0.25, -0.2) is 8.78 Å². The van der Waals surface area contributed by atoms with Gasteiger partial charge in [0.05, 0.1) is 0 Å². The van der Waals surface area contributed by atoms with Crippen molar-refractivity contribution in [2.45, 2.75) is 6.92 Å². The van der Waals surface area contributed by atoms with Crippen LogP contribution in [-0.4, -0.2) is 5.16 Å². The van der Waals surface area contributed by atoms with E-state index < -0.39 is 11.6 Å². The maximum atomic E-state index is 13.3. The normalized spacial score (nSPS) is 11.2. The molecule has 2 aromatic rings. The molecule has 2 rings (SSSR count). The van der Waals surface area contributed by atoms with Crippen LogP contribution in [0, 0.1) is 18.6 Å². The molecule has 2 N–H and O–H groups in total. The first-order valence-corrected chi connectivity index (χ1v) is 4.93. The van der Waals surface area contributed by atoms with Gasteiger partial charge < -0.3 is 10.3 Å². The summed E-state index contributed by atoms with van der Waals surface area (Å²) < 4.78 is 30.8. The van der Waals surface area contributed by atoms with E-state index >= 15 is 0 Å². The molecule has 0 radical (unpaired) electrons. The van der Waals surface area contributed by atoms with Crippen LogP contribution in [0.15, 0.2) is 22.7 Å². The first-order valence-electron chi connectivity index (χ1n) is 4.93. The minimum Gasteiger partial charge on any atom is -0.394 e. The molecule has 0 atom stereocenters. The fraction of sp³-hybridized carbons (Fsp3) is 0.0833. The van der Waals surface area contributed by atoms with E-state index in [4.69, 9.17) is 10.3 Å². The number of rotatable bonds is 2. The second-order valence-electron chi connectivity index (χ2n) is 3.54. The summed E-state index contributed by atoms with van der Waals surface area (Å²) in [4.78, 5) is 0. The molecule has 0 unspecified atom stereocenters. The average molecular weight is 236 g/mol. The molecule has 88 valence electrons. The van der Waals surface area contributed by atoms with Crippen molar-refractivity contribution in [2.75, 3.05) is 5.73 Å². The number of aryl methyl sites for hydroxylation is 1. The Hall–Kier alpha value is -2.17. The molecule has 0 fully saturated rings. The van der Waals surface area contributed by atoms with E-state index in [2.05, 4.69) is 5.16 Å². The number of halogens is 2. The van der Waals surface area contributed by atoms with Gasteiger partial charge in [0.2, 0.25) is 0 Å². The highest BCUT2D eigenvalue weighted by atomic mass is 19.1. The third kappa shape index (κ3) is 2.33. The molecule has 17 heavy (non-hydrogen) atoms. The van der Waals surface area contributed by atoms with Gasteiger partial charge in [-0.05, 0) is 31.2 Å². The van der Waals surface area contributed by atoms with E-state index in [1.807, 2.05) is 0 Å². The summed E-state index contributed by atoms with van der Waals surface area (Å²) in [5.74, 6) is -0.749. The Bertz CT molecular complexity index is 576. The van der Waals surface area contributed by atoms with Gasteiger partial charge in [0.25, 0.3) is 0 Å². The van der Waals surface area contributed by atoms with E-state index in [1.165, 1.54) is 24.3 Å². The molecule has 0 bridgehead atoms. The lowest BCUT2D eigenvalue weighted by atomic mass is 10.1. The summed E-state index contributed by atoms with van der Waals surface area (Å²) in [6.45, 7) is 1.68. The summed E-state index contributed by atoms with van der Waals surface area (Å²) in [6, 6.07) is 3.33. The Labute approximate surface area is 96.5 Å². The molecule has 1 aromatic carbocycles. The van der Waals surface area contributed by atoms with Crippen molar-refractivity contribution in [2.24, 2.45) is 0 Å². The predicted molar refractivity (Wildman–Crippen MR) is 60.9 cm³/mol. The third-order valence-corrected chi connectivity index (χ3v) is 2.32. The lowest BCUT2D eigenvalue weighted by Crippen LogP contribution is -1.88. The highest BCUT2D eigenvalue weighted by Gasteiger charge is 2.06. The van der Waals surface area contributed by atoms with Gasteiger partial charge in [0.15, 0.2) is 5.76 Å². The lowest BCUT2D eigenvalue weighted by Gasteiger charge is -1.96. The highest BCUT2D eigenvalue weighted by Crippen LogP contribution is 2.19. The summed E-state index contributed by atoms with van der Waals surface area (Å²) in [7, 11) is 0. The number of nitrogens with two attached hydrogens (primary N) is 1. The van der Waals surface area contributed by atoms with Crippen LogP contribution in [0.4, 0.5) is 14.5 Å². The Balaban J connectivity index is 2.29. The first kappa shape index (κ1) is 11.3. The molecule has 0 aliphatic heterocycles. The maximum Gasteiger partial charge on any atom is 0.157 e. The third-order valence-electron chi connectivity index (χ3n) is 2.32. The average Bonchev–Trinajstić information content (AvgIpc) is 2.59. The molecule has 1 heterocycles. The molecule has 0 amide bonds. The number of anilines is 1. The van der Waals surface area contributed by atoms with E-state index in [1.54, 1.807) is 6.92 Å². The van der Waals surface area contributed by atoms with Gasteiger partial charge >= 0.3 is 0 Å². The SMILES string of the molecule is Cc1onc(C=Cc2ccc(F)cc2F)c1N. The summed E-state index contributed by atoms with van der Waals surface area (Å²) in [5.41, 5.74) is 6.75. The molecule has 0 saturated carbocycles. The zero-order valence-corrected chi connectivity index (χ0v) is 9.08. The standard InChI is InChI=1S/C12H10F2N2O/c1-7-12(15)11(16-17-7)5-3-8-2-4-9(13)6-10(8)14/h2-6H,15H2,1H3. The van der Waals surface area contributed by atoms with Crippen LogP contribution in [-0.2, 0) is 0 Å². The zero-order valence-electron chi connectivity index (χ0n) is 9.08. The number of hydrogen-bond donors (Lipinski definition) is 1. The fourth-order valence-corrected chi connectivity index (χ4v) is 1.32. The first-order chi connectivity index (χ1) is 8.08. The Morgan fingerprint density at radius 1 is 1.29 bits per heavy atom. The fourth-order valence-electron chi connectivity index (χ4n) is 1.32. The number of hydrogen-bond acceptors (Lipinski definition) is 3. The number of aromatic nitrogens is 1. The number of benzene rings is 1. The minimum atomic E-state index is -0.639. The second kappa shape index (κ2) is 4.37. The quantitative estimate of drug-likeness (QED) is 0.871. The summed E-state index contributed by atoms with van der Waals surface area (Å²) >= 11 is 0. The van der Waals surface area contributed by atoms with E-state index in [0.717, 1.165) is 6.07 Å². The van der Waals surface area contributed by atoms with Crippen LogP contribution in [0.5, 0.6) is 0 Å². The maximum absolute atomic E-state index is 13.3. The highest BCUT2D eigenvalue weighted by molar-refractivity contribution is 5.74. The lowest BCUT2D eigenvalue weighted by molar-refractivity contribution is 0.397. The molecular weight excluding hydrogens is 226 g/mol. The smallest absolute Gasteiger partial charge is 0.157 e. The van der Waals surface area contributed by atoms with Crippen LogP contribution < -0.4 is 5.73 Å². The molecule has 0 saturated heterocycles. The van der Waals surface area contributed by atoms with Crippen LogP contribution >= 0.6 is 0 Å². The van der Waals surface area contributed by atoms with Gasteiger partial charge in [0.1, 0.15) is 23.0 Å². The zero-order chi connectivity index (χ0) is 12.4. The predicted octanol–water partition coefficient (Wildman–Crippen LogP) is 3.01. The van der Waals surface area contributed by atoms with Crippen molar-refractivity contribution in [3.8, 4) is 0 Å². The number of nitrogens with zero attached hydrogens (tertiary/aromatic N) is 1. The van der Waals surface area contributed by atoms with Gasteiger partial charge in [-0.15, -0.1) is 0 Å². The van der Waals surface area contributed by atoms with Crippen molar-refractivity contribution in [1.82, 2.24) is 5.16 Å².